The molecule has 1 atom stereocenters. The molecule has 20 heavy (non-hydrogen) atoms. The minimum absolute atomic E-state index is 0.268. The van der Waals surface area contributed by atoms with Crippen molar-refractivity contribution in [1.82, 2.24) is 9.78 Å². The lowest BCUT2D eigenvalue weighted by Gasteiger charge is -2.12. The largest absolute Gasteiger partial charge is 0.383 e. The SMILES string of the molecule is CC(c1nn(C)c(N)c1-c1c(F)cccc1Cl)C1CC1. The third-order valence-corrected chi connectivity index (χ3v) is 4.41. The van der Waals surface area contributed by atoms with E-state index in [9.17, 15) is 4.39 Å². The van der Waals surface area contributed by atoms with Gasteiger partial charge >= 0.3 is 0 Å². The number of aryl methyl sites for hydroxylation is 1. The Kier molecular flexibility index (Phi) is 3.21. The third-order valence-electron chi connectivity index (χ3n) is 4.09. The first kappa shape index (κ1) is 13.4. The molecule has 3 rings (SSSR count). The standard InChI is InChI=1S/C15H17ClFN3/c1-8(9-6-7-9)14-13(15(18)20(2)19-14)12-10(16)4-3-5-11(12)17/h3-5,8-9H,6-7,18H2,1-2H3. The number of nitrogen functional groups attached to an aromatic ring is 1. The lowest BCUT2D eigenvalue weighted by Crippen LogP contribution is -2.00. The van der Waals surface area contributed by atoms with Crippen LogP contribution in [0.2, 0.25) is 5.02 Å². The number of aromatic nitrogens is 2. The first-order valence-electron chi connectivity index (χ1n) is 6.77. The molecule has 106 valence electrons. The molecule has 1 aliphatic carbocycles. The predicted octanol–water partition coefficient (Wildman–Crippen LogP) is 3.98. The van der Waals surface area contributed by atoms with Crippen molar-refractivity contribution in [2.75, 3.05) is 5.73 Å². The summed E-state index contributed by atoms with van der Waals surface area (Å²) in [6.45, 7) is 2.12. The summed E-state index contributed by atoms with van der Waals surface area (Å²) in [5.41, 5.74) is 7.96. The Morgan fingerprint density at radius 3 is 2.70 bits per heavy atom. The van der Waals surface area contributed by atoms with Crippen LogP contribution < -0.4 is 5.73 Å². The number of nitrogens with zero attached hydrogens (tertiary/aromatic N) is 2. The van der Waals surface area contributed by atoms with Crippen molar-refractivity contribution in [2.24, 2.45) is 13.0 Å². The molecule has 1 saturated carbocycles. The van der Waals surface area contributed by atoms with Crippen molar-refractivity contribution >= 4 is 17.4 Å². The molecule has 1 aromatic carbocycles. The summed E-state index contributed by atoms with van der Waals surface area (Å²) in [7, 11) is 1.77. The highest BCUT2D eigenvalue weighted by molar-refractivity contribution is 6.33. The molecule has 1 aliphatic rings. The number of nitrogens with two attached hydrogens (primary N) is 1. The zero-order chi connectivity index (χ0) is 14.4. The van der Waals surface area contributed by atoms with E-state index in [0.717, 1.165) is 5.69 Å². The highest BCUT2D eigenvalue weighted by Crippen LogP contribution is 2.47. The van der Waals surface area contributed by atoms with E-state index in [0.29, 0.717) is 27.9 Å². The van der Waals surface area contributed by atoms with Gasteiger partial charge in [-0.15, -0.1) is 0 Å². The Morgan fingerprint density at radius 2 is 2.10 bits per heavy atom. The number of rotatable bonds is 3. The van der Waals surface area contributed by atoms with Crippen LogP contribution in [0.25, 0.3) is 11.1 Å². The predicted molar refractivity (Wildman–Crippen MR) is 79.2 cm³/mol. The average Bonchev–Trinajstić information content (AvgIpc) is 3.20. The molecule has 1 heterocycles. The van der Waals surface area contributed by atoms with Crippen molar-refractivity contribution < 1.29 is 4.39 Å². The molecule has 0 saturated heterocycles. The fourth-order valence-electron chi connectivity index (χ4n) is 2.69. The number of halogens is 2. The number of hydrogen-bond acceptors (Lipinski definition) is 2. The Bertz CT molecular complexity index is 641. The quantitative estimate of drug-likeness (QED) is 0.930. The zero-order valence-electron chi connectivity index (χ0n) is 11.5. The molecule has 2 N–H and O–H groups in total. The molecular weight excluding hydrogens is 277 g/mol. The molecule has 0 bridgehead atoms. The van der Waals surface area contributed by atoms with Crippen molar-refractivity contribution in [3.05, 3.63) is 34.7 Å². The summed E-state index contributed by atoms with van der Waals surface area (Å²) in [6, 6.07) is 4.68. The van der Waals surface area contributed by atoms with Crippen molar-refractivity contribution in [3.63, 3.8) is 0 Å². The van der Waals surface area contributed by atoms with Gasteiger partial charge in [0.1, 0.15) is 11.6 Å². The van der Waals surface area contributed by atoms with E-state index in [1.54, 1.807) is 23.9 Å². The summed E-state index contributed by atoms with van der Waals surface area (Å²) >= 11 is 6.18. The van der Waals surface area contributed by atoms with Crippen LogP contribution in [0.4, 0.5) is 10.2 Å². The molecule has 2 aromatic rings. The second-order valence-electron chi connectivity index (χ2n) is 5.49. The van der Waals surface area contributed by atoms with Crippen LogP contribution in [-0.4, -0.2) is 9.78 Å². The van der Waals surface area contributed by atoms with E-state index >= 15 is 0 Å². The summed E-state index contributed by atoms with van der Waals surface area (Å²) in [5.74, 6) is 0.985. The third kappa shape index (κ3) is 2.08. The van der Waals surface area contributed by atoms with Crippen LogP contribution >= 0.6 is 11.6 Å². The minimum Gasteiger partial charge on any atom is -0.383 e. The highest BCUT2D eigenvalue weighted by atomic mass is 35.5. The molecule has 5 heteroatoms. The maximum atomic E-state index is 14.2. The van der Waals surface area contributed by atoms with Crippen LogP contribution in [0.15, 0.2) is 18.2 Å². The van der Waals surface area contributed by atoms with Gasteiger partial charge in [0.2, 0.25) is 0 Å². The van der Waals surface area contributed by atoms with Gasteiger partial charge in [0.15, 0.2) is 0 Å². The van der Waals surface area contributed by atoms with E-state index in [1.807, 2.05) is 0 Å². The van der Waals surface area contributed by atoms with E-state index in [4.69, 9.17) is 17.3 Å². The van der Waals surface area contributed by atoms with Crippen LogP contribution in [0.3, 0.4) is 0 Å². The molecule has 0 radical (unpaired) electrons. The van der Waals surface area contributed by atoms with Gasteiger partial charge in [-0.3, -0.25) is 4.68 Å². The Balaban J connectivity index is 2.22. The van der Waals surface area contributed by atoms with Gasteiger partial charge in [-0.25, -0.2) is 4.39 Å². The molecule has 1 aromatic heterocycles. The lowest BCUT2D eigenvalue weighted by molar-refractivity contribution is 0.618. The highest BCUT2D eigenvalue weighted by Gasteiger charge is 2.34. The number of hydrogen-bond donors (Lipinski definition) is 1. The molecule has 0 amide bonds. The van der Waals surface area contributed by atoms with Crippen LogP contribution in [-0.2, 0) is 7.05 Å². The van der Waals surface area contributed by atoms with Crippen molar-refractivity contribution in [1.29, 1.82) is 0 Å². The van der Waals surface area contributed by atoms with Crippen LogP contribution in [0.1, 0.15) is 31.4 Å². The molecular formula is C15H17ClFN3. The number of anilines is 1. The van der Waals surface area contributed by atoms with E-state index < -0.39 is 0 Å². The Hall–Kier alpha value is -1.55. The minimum atomic E-state index is -0.360. The van der Waals surface area contributed by atoms with Crippen molar-refractivity contribution in [2.45, 2.75) is 25.7 Å². The van der Waals surface area contributed by atoms with Gasteiger partial charge in [-0.1, -0.05) is 24.6 Å². The smallest absolute Gasteiger partial charge is 0.132 e. The van der Waals surface area contributed by atoms with E-state index in [-0.39, 0.29) is 11.7 Å². The summed E-state index contributed by atoms with van der Waals surface area (Å²) in [6.07, 6.45) is 2.39. The van der Waals surface area contributed by atoms with Crippen LogP contribution in [0, 0.1) is 11.7 Å². The summed E-state index contributed by atoms with van der Waals surface area (Å²) in [5, 5.41) is 4.87. The van der Waals surface area contributed by atoms with Gasteiger partial charge in [-0.05, 0) is 30.9 Å². The lowest BCUT2D eigenvalue weighted by atomic mass is 9.94. The number of benzene rings is 1. The van der Waals surface area contributed by atoms with Gasteiger partial charge in [0.25, 0.3) is 0 Å². The van der Waals surface area contributed by atoms with Gasteiger partial charge in [0, 0.05) is 18.5 Å². The monoisotopic (exact) mass is 293 g/mol. The molecule has 0 spiro atoms. The van der Waals surface area contributed by atoms with Crippen molar-refractivity contribution in [3.8, 4) is 11.1 Å². The summed E-state index contributed by atoms with van der Waals surface area (Å²) < 4.78 is 15.8. The van der Waals surface area contributed by atoms with Gasteiger partial charge in [-0.2, -0.15) is 5.10 Å². The Morgan fingerprint density at radius 1 is 1.40 bits per heavy atom. The van der Waals surface area contributed by atoms with Crippen LogP contribution in [0.5, 0.6) is 0 Å². The topological polar surface area (TPSA) is 43.8 Å². The molecule has 3 nitrogen and oxygen atoms in total. The van der Waals surface area contributed by atoms with E-state index in [1.165, 1.54) is 18.9 Å². The molecule has 1 fully saturated rings. The zero-order valence-corrected chi connectivity index (χ0v) is 12.3. The molecule has 1 unspecified atom stereocenters. The maximum absolute atomic E-state index is 14.2. The first-order chi connectivity index (χ1) is 9.50. The summed E-state index contributed by atoms with van der Waals surface area (Å²) in [4.78, 5) is 0. The Labute approximate surface area is 122 Å². The van der Waals surface area contributed by atoms with Gasteiger partial charge < -0.3 is 5.73 Å². The normalized spacial score (nSPS) is 16.4. The average molecular weight is 294 g/mol. The van der Waals surface area contributed by atoms with Gasteiger partial charge in [0.05, 0.1) is 16.3 Å². The second-order valence-corrected chi connectivity index (χ2v) is 5.90. The molecule has 0 aliphatic heterocycles. The maximum Gasteiger partial charge on any atom is 0.132 e. The second kappa shape index (κ2) is 4.77. The fraction of sp³-hybridized carbons (Fsp3) is 0.400. The fourth-order valence-corrected chi connectivity index (χ4v) is 2.95. The first-order valence-corrected chi connectivity index (χ1v) is 7.15. The van der Waals surface area contributed by atoms with E-state index in [2.05, 4.69) is 12.0 Å².